The number of carbonyl (C=O) groups is 1. The summed E-state index contributed by atoms with van der Waals surface area (Å²) >= 11 is 0. The summed E-state index contributed by atoms with van der Waals surface area (Å²) in [4.78, 5) is 26.4. The minimum Gasteiger partial charge on any atom is -0.449 e. The van der Waals surface area contributed by atoms with E-state index in [1.165, 1.54) is 6.07 Å². The first-order valence-electron chi connectivity index (χ1n) is 7.58. The number of ether oxygens (including phenoxy) is 1. The van der Waals surface area contributed by atoms with Crippen LogP contribution in [0.3, 0.4) is 0 Å². The van der Waals surface area contributed by atoms with Crippen molar-refractivity contribution in [3.05, 3.63) is 34.4 Å². The van der Waals surface area contributed by atoms with E-state index in [9.17, 15) is 14.9 Å². The number of carbonyl (C=O) groups excluding carboxylic acids is 1. The number of amides is 1. The third-order valence-electron chi connectivity index (χ3n) is 4.33. The van der Waals surface area contributed by atoms with Crippen LogP contribution in [0.5, 0.6) is 0 Å². The maximum atomic E-state index is 11.8. The van der Waals surface area contributed by atoms with E-state index in [-0.39, 0.29) is 22.7 Å². The molecule has 0 spiro atoms. The van der Waals surface area contributed by atoms with Gasteiger partial charge in [0.1, 0.15) is 5.69 Å². The molecule has 1 aromatic carbocycles. The smallest absolute Gasteiger partial charge is 0.410 e. The Morgan fingerprint density at radius 2 is 1.91 bits per heavy atom. The normalized spacial score (nSPS) is 19.9. The maximum absolute atomic E-state index is 11.8. The molecule has 0 radical (unpaired) electrons. The highest BCUT2D eigenvalue weighted by molar-refractivity contribution is 5.69. The number of nitro benzene ring substituents is 1. The molecule has 2 heterocycles. The Balaban J connectivity index is 1.67. The van der Waals surface area contributed by atoms with Gasteiger partial charge in [-0.05, 0) is 25.3 Å². The van der Waals surface area contributed by atoms with Gasteiger partial charge in [-0.2, -0.15) is 0 Å². The van der Waals surface area contributed by atoms with Gasteiger partial charge in [0.2, 0.25) is 0 Å². The first-order chi connectivity index (χ1) is 10.7. The van der Waals surface area contributed by atoms with Gasteiger partial charge in [-0.1, -0.05) is 12.1 Å². The summed E-state index contributed by atoms with van der Waals surface area (Å²) in [6.45, 7) is 2.66. The van der Waals surface area contributed by atoms with Gasteiger partial charge in [0.05, 0.1) is 11.5 Å². The first-order valence-corrected chi connectivity index (χ1v) is 7.58. The number of hydrogen-bond acceptors (Lipinski definition) is 5. The van der Waals surface area contributed by atoms with E-state index < -0.39 is 0 Å². The molecule has 118 valence electrons. The summed E-state index contributed by atoms with van der Waals surface area (Å²) in [6.07, 6.45) is 2.26. The van der Waals surface area contributed by atoms with E-state index in [1.807, 2.05) is 11.0 Å². The van der Waals surface area contributed by atoms with Crippen LogP contribution in [0.2, 0.25) is 0 Å². The molecule has 7 heteroatoms. The van der Waals surface area contributed by atoms with Gasteiger partial charge < -0.3 is 14.5 Å². The Morgan fingerprint density at radius 1 is 1.18 bits per heavy atom. The molecule has 0 atom stereocenters. The predicted molar refractivity (Wildman–Crippen MR) is 81.0 cm³/mol. The summed E-state index contributed by atoms with van der Waals surface area (Å²) in [5.74, 6) is 0. The molecule has 2 fully saturated rings. The van der Waals surface area contributed by atoms with Crippen LogP contribution in [0.25, 0.3) is 0 Å². The fraction of sp³-hybridized carbons (Fsp3) is 0.533. The first kappa shape index (κ1) is 14.6. The van der Waals surface area contributed by atoms with Crippen LogP contribution in [0.15, 0.2) is 24.3 Å². The second-order valence-electron chi connectivity index (χ2n) is 5.63. The monoisotopic (exact) mass is 305 g/mol. The van der Waals surface area contributed by atoms with E-state index in [0.29, 0.717) is 25.4 Å². The average molecular weight is 305 g/mol. The molecule has 22 heavy (non-hydrogen) atoms. The van der Waals surface area contributed by atoms with E-state index in [0.717, 1.165) is 25.8 Å². The molecule has 1 aromatic rings. The van der Waals surface area contributed by atoms with Gasteiger partial charge in [0.25, 0.3) is 5.69 Å². The molecule has 2 aliphatic rings. The van der Waals surface area contributed by atoms with Crippen molar-refractivity contribution < 1.29 is 14.5 Å². The number of nitrogens with zero attached hydrogens (tertiary/aromatic N) is 3. The highest BCUT2D eigenvalue weighted by atomic mass is 16.6. The number of rotatable bonds is 3. The molecule has 2 saturated heterocycles. The minimum absolute atomic E-state index is 0.137. The molecule has 2 aliphatic heterocycles. The fourth-order valence-electron chi connectivity index (χ4n) is 3.20. The molecule has 0 aromatic heterocycles. The van der Waals surface area contributed by atoms with E-state index in [2.05, 4.69) is 0 Å². The third-order valence-corrected chi connectivity index (χ3v) is 4.33. The molecule has 3 rings (SSSR count). The van der Waals surface area contributed by atoms with Gasteiger partial charge >= 0.3 is 6.09 Å². The highest BCUT2D eigenvalue weighted by Crippen LogP contribution is 2.31. The second kappa shape index (κ2) is 6.21. The Morgan fingerprint density at radius 3 is 2.59 bits per heavy atom. The van der Waals surface area contributed by atoms with Crippen LogP contribution >= 0.6 is 0 Å². The molecule has 0 bridgehead atoms. The Hall–Kier alpha value is -2.31. The number of nitro groups is 1. The number of hydrogen-bond donors (Lipinski definition) is 0. The Labute approximate surface area is 128 Å². The van der Waals surface area contributed by atoms with Crippen LogP contribution < -0.4 is 4.90 Å². The van der Waals surface area contributed by atoms with Crippen molar-refractivity contribution >= 4 is 17.5 Å². The lowest BCUT2D eigenvalue weighted by molar-refractivity contribution is -0.384. The zero-order valence-corrected chi connectivity index (χ0v) is 12.3. The molecular weight excluding hydrogens is 286 g/mol. The number of cyclic esters (lactones) is 1. The maximum Gasteiger partial charge on any atom is 0.410 e. The van der Waals surface area contributed by atoms with Gasteiger partial charge in [-0.25, -0.2) is 4.79 Å². The van der Waals surface area contributed by atoms with Crippen molar-refractivity contribution in [3.63, 3.8) is 0 Å². The molecular formula is C15H19N3O4. The van der Waals surface area contributed by atoms with Crippen LogP contribution in [-0.4, -0.2) is 48.2 Å². The zero-order valence-electron chi connectivity index (χ0n) is 12.3. The van der Waals surface area contributed by atoms with Crippen molar-refractivity contribution in [2.45, 2.75) is 25.3 Å². The van der Waals surface area contributed by atoms with E-state index >= 15 is 0 Å². The molecule has 0 unspecified atom stereocenters. The lowest BCUT2D eigenvalue weighted by atomic mass is 10.0. The van der Waals surface area contributed by atoms with Gasteiger partial charge in [0, 0.05) is 31.7 Å². The number of benzene rings is 1. The molecule has 0 aliphatic carbocycles. The van der Waals surface area contributed by atoms with Crippen molar-refractivity contribution in [3.8, 4) is 0 Å². The summed E-state index contributed by atoms with van der Waals surface area (Å²) < 4.78 is 5.09. The molecule has 7 nitrogen and oxygen atoms in total. The lowest BCUT2D eigenvalue weighted by Gasteiger charge is -2.40. The number of piperidine rings is 1. The van der Waals surface area contributed by atoms with Crippen molar-refractivity contribution in [2.24, 2.45) is 0 Å². The third kappa shape index (κ3) is 2.84. The lowest BCUT2D eigenvalue weighted by Crippen LogP contribution is -2.50. The summed E-state index contributed by atoms with van der Waals surface area (Å²) in [5, 5.41) is 11.1. The number of anilines is 1. The SMILES string of the molecule is O=C1OCCCN1C1CCN(c2ccccc2[N+](=O)[O-])CC1. The van der Waals surface area contributed by atoms with Crippen LogP contribution in [0.4, 0.5) is 16.2 Å². The van der Waals surface area contributed by atoms with Crippen LogP contribution in [-0.2, 0) is 4.74 Å². The van der Waals surface area contributed by atoms with Crippen molar-refractivity contribution in [2.75, 3.05) is 31.1 Å². The van der Waals surface area contributed by atoms with Crippen LogP contribution in [0, 0.1) is 10.1 Å². The quantitative estimate of drug-likeness (QED) is 0.633. The average Bonchev–Trinajstić information content (AvgIpc) is 2.55. The van der Waals surface area contributed by atoms with Gasteiger partial charge in [0.15, 0.2) is 0 Å². The molecule has 1 amide bonds. The zero-order chi connectivity index (χ0) is 15.5. The second-order valence-corrected chi connectivity index (χ2v) is 5.63. The standard InChI is InChI=1S/C15H19N3O4/c19-15-17(8-3-11-22-15)12-6-9-16(10-7-12)13-4-1-2-5-14(13)18(20)21/h1-2,4-5,12H,3,6-11H2. The summed E-state index contributed by atoms with van der Waals surface area (Å²) in [7, 11) is 0. The fourth-order valence-corrected chi connectivity index (χ4v) is 3.20. The molecule has 0 N–H and O–H groups in total. The van der Waals surface area contributed by atoms with Gasteiger partial charge in [-0.15, -0.1) is 0 Å². The van der Waals surface area contributed by atoms with Gasteiger partial charge in [-0.3, -0.25) is 10.1 Å². The predicted octanol–water partition coefficient (Wildman–Crippen LogP) is 2.41. The molecule has 0 saturated carbocycles. The number of para-hydroxylation sites is 2. The van der Waals surface area contributed by atoms with Crippen molar-refractivity contribution in [1.29, 1.82) is 0 Å². The van der Waals surface area contributed by atoms with E-state index in [1.54, 1.807) is 17.0 Å². The Kier molecular flexibility index (Phi) is 4.13. The summed E-state index contributed by atoms with van der Waals surface area (Å²) in [6, 6.07) is 6.98. The summed E-state index contributed by atoms with van der Waals surface area (Å²) in [5.41, 5.74) is 0.797. The van der Waals surface area contributed by atoms with Crippen LogP contribution in [0.1, 0.15) is 19.3 Å². The van der Waals surface area contributed by atoms with E-state index in [4.69, 9.17) is 4.74 Å². The Bertz CT molecular complexity index is 570. The highest BCUT2D eigenvalue weighted by Gasteiger charge is 2.32. The topological polar surface area (TPSA) is 75.9 Å². The largest absolute Gasteiger partial charge is 0.449 e. The minimum atomic E-state index is -0.344. The van der Waals surface area contributed by atoms with Crippen molar-refractivity contribution in [1.82, 2.24) is 4.90 Å².